The molecule has 6 nitrogen and oxygen atoms in total. The lowest BCUT2D eigenvalue weighted by Gasteiger charge is -2.18. The van der Waals surface area contributed by atoms with Gasteiger partial charge < -0.3 is 14.1 Å². The largest absolute Gasteiger partial charge is 0.438 e. The molecule has 1 aliphatic carbocycles. The first-order valence-corrected chi connectivity index (χ1v) is 8.46. The SMILES string of the molecule is O=C(c1cnco1)N1C[C@@H](COCC2CC2)[C@H](c2ccncc2)C1. The van der Waals surface area contributed by atoms with E-state index in [-0.39, 0.29) is 17.7 Å². The Bertz CT molecular complexity index is 670. The lowest BCUT2D eigenvalue weighted by molar-refractivity contribution is 0.0713. The molecule has 2 aromatic rings. The van der Waals surface area contributed by atoms with Crippen molar-refractivity contribution in [2.45, 2.75) is 18.8 Å². The maximum absolute atomic E-state index is 12.6. The number of nitrogens with zero attached hydrogens (tertiary/aromatic N) is 3. The first kappa shape index (κ1) is 15.3. The van der Waals surface area contributed by atoms with Gasteiger partial charge in [-0.05, 0) is 36.5 Å². The second kappa shape index (κ2) is 6.73. The molecule has 0 bridgehead atoms. The average molecular weight is 327 g/mol. The molecule has 0 radical (unpaired) electrons. The smallest absolute Gasteiger partial charge is 0.291 e. The lowest BCUT2D eigenvalue weighted by atomic mass is 9.90. The third-order valence-corrected chi connectivity index (χ3v) is 4.89. The zero-order valence-corrected chi connectivity index (χ0v) is 13.5. The van der Waals surface area contributed by atoms with Gasteiger partial charge in [0.15, 0.2) is 6.39 Å². The van der Waals surface area contributed by atoms with Crippen molar-refractivity contribution in [3.63, 3.8) is 0 Å². The highest BCUT2D eigenvalue weighted by atomic mass is 16.5. The van der Waals surface area contributed by atoms with Crippen LogP contribution >= 0.6 is 0 Å². The predicted molar refractivity (Wildman–Crippen MR) is 86.4 cm³/mol. The molecule has 0 N–H and O–H groups in total. The first-order chi connectivity index (χ1) is 11.8. The second-order valence-electron chi connectivity index (χ2n) is 6.70. The number of hydrogen-bond acceptors (Lipinski definition) is 5. The fraction of sp³-hybridized carbons (Fsp3) is 0.500. The highest BCUT2D eigenvalue weighted by Crippen LogP contribution is 2.34. The summed E-state index contributed by atoms with van der Waals surface area (Å²) in [5.41, 5.74) is 1.21. The molecule has 0 aromatic carbocycles. The Morgan fingerprint density at radius 2 is 2.04 bits per heavy atom. The Kier molecular flexibility index (Phi) is 4.30. The van der Waals surface area contributed by atoms with E-state index in [4.69, 9.17) is 9.15 Å². The minimum atomic E-state index is -0.101. The third-order valence-electron chi connectivity index (χ3n) is 4.89. The van der Waals surface area contributed by atoms with Crippen molar-refractivity contribution in [1.82, 2.24) is 14.9 Å². The number of carbonyl (C=O) groups is 1. The van der Waals surface area contributed by atoms with Crippen molar-refractivity contribution in [2.24, 2.45) is 11.8 Å². The average Bonchev–Trinajstić information content (AvgIpc) is 3.12. The molecule has 2 aromatic heterocycles. The number of pyridine rings is 1. The molecule has 2 atom stereocenters. The minimum absolute atomic E-state index is 0.101. The van der Waals surface area contributed by atoms with Gasteiger partial charge in [-0.25, -0.2) is 4.98 Å². The molecule has 0 spiro atoms. The summed E-state index contributed by atoms with van der Waals surface area (Å²) in [6, 6.07) is 4.06. The molecule has 2 aliphatic rings. The Morgan fingerprint density at radius 1 is 1.21 bits per heavy atom. The zero-order chi connectivity index (χ0) is 16.4. The summed E-state index contributed by atoms with van der Waals surface area (Å²) in [6.07, 6.45) is 8.94. The van der Waals surface area contributed by atoms with E-state index in [0.717, 1.165) is 12.5 Å². The molecule has 2 fully saturated rings. The van der Waals surface area contributed by atoms with Crippen molar-refractivity contribution in [3.05, 3.63) is 48.4 Å². The molecule has 0 unspecified atom stereocenters. The zero-order valence-electron chi connectivity index (χ0n) is 13.5. The molecule has 126 valence electrons. The number of ether oxygens (including phenoxy) is 1. The summed E-state index contributed by atoms with van der Waals surface area (Å²) in [5, 5.41) is 0. The number of oxazole rings is 1. The molecule has 6 heteroatoms. The second-order valence-corrected chi connectivity index (χ2v) is 6.70. The van der Waals surface area contributed by atoms with Gasteiger partial charge >= 0.3 is 0 Å². The topological polar surface area (TPSA) is 68.5 Å². The number of amides is 1. The van der Waals surface area contributed by atoms with Gasteiger partial charge in [0.05, 0.1) is 12.8 Å². The van der Waals surface area contributed by atoms with E-state index in [1.807, 2.05) is 17.0 Å². The van der Waals surface area contributed by atoms with Crippen LogP contribution in [0.5, 0.6) is 0 Å². The van der Waals surface area contributed by atoms with E-state index in [2.05, 4.69) is 9.97 Å². The van der Waals surface area contributed by atoms with Crippen LogP contribution in [-0.4, -0.2) is 47.1 Å². The normalized spacial score (nSPS) is 23.6. The van der Waals surface area contributed by atoms with Crippen LogP contribution in [-0.2, 0) is 4.74 Å². The minimum Gasteiger partial charge on any atom is -0.438 e. The van der Waals surface area contributed by atoms with Crippen molar-refractivity contribution >= 4 is 5.91 Å². The van der Waals surface area contributed by atoms with Crippen LogP contribution in [0.4, 0.5) is 0 Å². The van der Waals surface area contributed by atoms with E-state index in [9.17, 15) is 4.79 Å². The Hall–Kier alpha value is -2.21. The first-order valence-electron chi connectivity index (χ1n) is 8.46. The molecule has 3 heterocycles. The monoisotopic (exact) mass is 327 g/mol. The molecule has 1 saturated carbocycles. The van der Waals surface area contributed by atoms with Gasteiger partial charge in [-0.2, -0.15) is 0 Å². The fourth-order valence-electron chi connectivity index (χ4n) is 3.34. The van der Waals surface area contributed by atoms with Crippen molar-refractivity contribution in [3.8, 4) is 0 Å². The Balaban J connectivity index is 1.47. The molecule has 24 heavy (non-hydrogen) atoms. The van der Waals surface area contributed by atoms with E-state index in [1.54, 1.807) is 12.4 Å². The quantitative estimate of drug-likeness (QED) is 0.814. The summed E-state index contributed by atoms with van der Waals surface area (Å²) in [5.74, 6) is 1.49. The van der Waals surface area contributed by atoms with Crippen LogP contribution < -0.4 is 0 Å². The van der Waals surface area contributed by atoms with E-state index in [1.165, 1.54) is 31.0 Å². The van der Waals surface area contributed by atoms with E-state index in [0.29, 0.717) is 25.5 Å². The Labute approximate surface area is 140 Å². The summed E-state index contributed by atoms with van der Waals surface area (Å²) in [6.45, 7) is 2.87. The van der Waals surface area contributed by atoms with Crippen LogP contribution in [0.2, 0.25) is 0 Å². The van der Waals surface area contributed by atoms with Crippen molar-refractivity contribution < 1.29 is 13.9 Å². The van der Waals surface area contributed by atoms with Crippen molar-refractivity contribution in [2.75, 3.05) is 26.3 Å². The highest BCUT2D eigenvalue weighted by Gasteiger charge is 2.37. The van der Waals surface area contributed by atoms with Gasteiger partial charge in [0.2, 0.25) is 5.76 Å². The summed E-state index contributed by atoms with van der Waals surface area (Å²) in [7, 11) is 0. The van der Waals surface area contributed by atoms with Gasteiger partial charge in [-0.3, -0.25) is 9.78 Å². The van der Waals surface area contributed by atoms with Gasteiger partial charge in [-0.15, -0.1) is 0 Å². The number of likely N-dealkylation sites (tertiary alicyclic amines) is 1. The van der Waals surface area contributed by atoms with Crippen LogP contribution in [0.15, 0.2) is 41.5 Å². The van der Waals surface area contributed by atoms with Crippen LogP contribution in [0.25, 0.3) is 0 Å². The highest BCUT2D eigenvalue weighted by molar-refractivity contribution is 5.91. The molecule has 1 aliphatic heterocycles. The predicted octanol–water partition coefficient (Wildman–Crippen LogP) is 2.35. The summed E-state index contributed by atoms with van der Waals surface area (Å²) < 4.78 is 11.1. The number of aromatic nitrogens is 2. The van der Waals surface area contributed by atoms with Gasteiger partial charge in [-0.1, -0.05) is 0 Å². The van der Waals surface area contributed by atoms with E-state index < -0.39 is 0 Å². The Morgan fingerprint density at radius 3 is 2.75 bits per heavy atom. The third kappa shape index (κ3) is 3.33. The standard InChI is InChI=1S/C18H21N3O3/c22-18(17-7-20-12-24-17)21-8-15(11-23-10-13-1-2-13)16(9-21)14-3-5-19-6-4-14/h3-7,12-13,15-16H,1-2,8-11H2/t15-,16-/m0/s1. The van der Waals surface area contributed by atoms with E-state index >= 15 is 0 Å². The van der Waals surface area contributed by atoms with Gasteiger partial charge in [0, 0.05) is 43.9 Å². The van der Waals surface area contributed by atoms with Crippen molar-refractivity contribution in [1.29, 1.82) is 0 Å². The lowest BCUT2D eigenvalue weighted by Crippen LogP contribution is -2.29. The fourth-order valence-corrected chi connectivity index (χ4v) is 3.34. The van der Waals surface area contributed by atoms with Gasteiger partial charge in [0.25, 0.3) is 5.91 Å². The molecular formula is C18H21N3O3. The number of rotatable bonds is 6. The van der Waals surface area contributed by atoms with Crippen LogP contribution in [0, 0.1) is 11.8 Å². The number of hydrogen-bond donors (Lipinski definition) is 0. The van der Waals surface area contributed by atoms with Crippen LogP contribution in [0.1, 0.15) is 34.9 Å². The maximum atomic E-state index is 12.6. The number of carbonyl (C=O) groups excluding carboxylic acids is 1. The molecule has 1 saturated heterocycles. The van der Waals surface area contributed by atoms with Gasteiger partial charge in [0.1, 0.15) is 0 Å². The maximum Gasteiger partial charge on any atom is 0.291 e. The van der Waals surface area contributed by atoms with Crippen LogP contribution in [0.3, 0.4) is 0 Å². The molecular weight excluding hydrogens is 306 g/mol. The summed E-state index contributed by atoms with van der Waals surface area (Å²) in [4.78, 5) is 22.3. The summed E-state index contributed by atoms with van der Waals surface area (Å²) >= 11 is 0. The molecule has 4 rings (SSSR count). The molecule has 1 amide bonds.